The Morgan fingerprint density at radius 2 is 2.18 bits per heavy atom. The third-order valence-electron chi connectivity index (χ3n) is 2.57. The summed E-state index contributed by atoms with van der Waals surface area (Å²) in [7, 11) is 0. The zero-order chi connectivity index (χ0) is 11.7. The van der Waals surface area contributed by atoms with Crippen molar-refractivity contribution >= 4 is 39.0 Å². The molecule has 3 aromatic rings. The number of hydrogen-bond donors (Lipinski definition) is 1. The lowest BCUT2D eigenvalue weighted by molar-refractivity contribution is 1.19. The van der Waals surface area contributed by atoms with Crippen molar-refractivity contribution in [2.75, 3.05) is 11.9 Å². The lowest BCUT2D eigenvalue weighted by Gasteiger charge is -2.03. The van der Waals surface area contributed by atoms with Gasteiger partial charge in [-0.05, 0) is 23.8 Å². The maximum Gasteiger partial charge on any atom is 0.168 e. The highest BCUT2D eigenvalue weighted by atomic mass is 32.1. The van der Waals surface area contributed by atoms with Gasteiger partial charge in [0, 0.05) is 16.8 Å². The van der Waals surface area contributed by atoms with Gasteiger partial charge in [0.15, 0.2) is 5.82 Å². The van der Waals surface area contributed by atoms with E-state index in [9.17, 15) is 0 Å². The summed E-state index contributed by atoms with van der Waals surface area (Å²) in [6.45, 7) is 2.92. The Morgan fingerprint density at radius 1 is 1.24 bits per heavy atom. The van der Waals surface area contributed by atoms with E-state index < -0.39 is 0 Å². The van der Waals surface area contributed by atoms with Gasteiger partial charge in [0.05, 0.1) is 11.7 Å². The van der Waals surface area contributed by atoms with Crippen molar-refractivity contribution in [3.05, 3.63) is 29.6 Å². The first-order chi connectivity index (χ1) is 8.40. The number of benzene rings is 1. The minimum atomic E-state index is 0.860. The average Bonchev–Trinajstić information content (AvgIpc) is 2.96. The average molecular weight is 261 g/mol. The second-order valence-corrected chi connectivity index (χ2v) is 5.08. The van der Waals surface area contributed by atoms with Crippen molar-refractivity contribution in [2.24, 2.45) is 0 Å². The number of rotatable bonds is 3. The summed E-state index contributed by atoms with van der Waals surface area (Å²) in [5.41, 5.74) is 2.13. The van der Waals surface area contributed by atoms with Gasteiger partial charge >= 0.3 is 0 Å². The van der Waals surface area contributed by atoms with E-state index in [0.29, 0.717) is 0 Å². The predicted octanol–water partition coefficient (Wildman–Crippen LogP) is 3.85. The molecule has 0 unspecified atom stereocenters. The van der Waals surface area contributed by atoms with Gasteiger partial charge < -0.3 is 5.32 Å². The molecule has 0 spiro atoms. The zero-order valence-corrected chi connectivity index (χ0v) is 10.9. The Labute approximate surface area is 107 Å². The third kappa shape index (κ3) is 1.81. The highest BCUT2D eigenvalue weighted by Gasteiger charge is 2.13. The van der Waals surface area contributed by atoms with E-state index >= 15 is 0 Å². The summed E-state index contributed by atoms with van der Waals surface area (Å²) < 4.78 is 9.98. The van der Waals surface area contributed by atoms with Crippen LogP contribution in [0.1, 0.15) is 6.92 Å². The molecule has 0 fully saturated rings. The summed E-state index contributed by atoms with van der Waals surface area (Å²) in [5.74, 6) is 0.887. The molecular formula is C12H11N3S2. The van der Waals surface area contributed by atoms with Gasteiger partial charge in [-0.25, -0.2) is 0 Å². The van der Waals surface area contributed by atoms with Crippen LogP contribution in [0.4, 0.5) is 5.82 Å². The summed E-state index contributed by atoms with van der Waals surface area (Å²) in [6.07, 6.45) is 0. The van der Waals surface area contributed by atoms with E-state index in [2.05, 4.69) is 50.6 Å². The van der Waals surface area contributed by atoms with E-state index in [-0.39, 0.29) is 0 Å². The molecule has 0 radical (unpaired) electrons. The second-order valence-electron chi connectivity index (χ2n) is 3.64. The molecule has 86 valence electrons. The molecule has 0 aliphatic heterocycles. The van der Waals surface area contributed by atoms with Crippen molar-refractivity contribution < 1.29 is 0 Å². The molecule has 1 N–H and O–H groups in total. The smallest absolute Gasteiger partial charge is 0.168 e. The van der Waals surface area contributed by atoms with Crippen molar-refractivity contribution in [1.29, 1.82) is 0 Å². The number of fused-ring (bicyclic) bond motifs is 1. The van der Waals surface area contributed by atoms with Gasteiger partial charge in [0.1, 0.15) is 5.69 Å². The monoisotopic (exact) mass is 261 g/mol. The lowest BCUT2D eigenvalue weighted by Crippen LogP contribution is -1.98. The maximum atomic E-state index is 4.41. The van der Waals surface area contributed by atoms with Gasteiger partial charge in [0.25, 0.3) is 0 Å². The minimum absolute atomic E-state index is 0.860. The molecule has 0 amide bonds. The molecule has 0 aliphatic rings. The summed E-state index contributed by atoms with van der Waals surface area (Å²) in [6, 6.07) is 8.44. The SMILES string of the molecule is CCNc1nsnc1-c1cccc2ccsc12. The van der Waals surface area contributed by atoms with Gasteiger partial charge in [-0.2, -0.15) is 8.75 Å². The summed E-state index contributed by atoms with van der Waals surface area (Å²) >= 11 is 3.00. The first-order valence-electron chi connectivity index (χ1n) is 5.43. The Kier molecular flexibility index (Phi) is 2.78. The van der Waals surface area contributed by atoms with E-state index in [1.54, 1.807) is 11.3 Å². The van der Waals surface area contributed by atoms with Crippen LogP contribution < -0.4 is 5.32 Å². The van der Waals surface area contributed by atoms with Crippen LogP contribution in [0, 0.1) is 0 Å². The fourth-order valence-electron chi connectivity index (χ4n) is 1.83. The van der Waals surface area contributed by atoms with Crippen LogP contribution >= 0.6 is 23.1 Å². The number of nitrogens with zero attached hydrogens (tertiary/aromatic N) is 2. The molecule has 1 aromatic carbocycles. The molecule has 2 heterocycles. The topological polar surface area (TPSA) is 37.8 Å². The molecule has 5 heteroatoms. The molecule has 0 saturated carbocycles. The number of anilines is 1. The van der Waals surface area contributed by atoms with Crippen molar-refractivity contribution in [1.82, 2.24) is 8.75 Å². The van der Waals surface area contributed by atoms with Gasteiger partial charge in [-0.1, -0.05) is 18.2 Å². The molecule has 0 aliphatic carbocycles. The summed E-state index contributed by atoms with van der Waals surface area (Å²) in [4.78, 5) is 0. The van der Waals surface area contributed by atoms with Crippen LogP contribution in [0.25, 0.3) is 21.3 Å². The maximum absolute atomic E-state index is 4.41. The van der Waals surface area contributed by atoms with Gasteiger partial charge in [-0.15, -0.1) is 11.3 Å². The molecule has 2 aromatic heterocycles. The van der Waals surface area contributed by atoms with E-state index in [1.807, 2.05) is 0 Å². The van der Waals surface area contributed by atoms with Crippen molar-refractivity contribution in [3.8, 4) is 11.3 Å². The first kappa shape index (κ1) is 10.7. The molecule has 0 atom stereocenters. The van der Waals surface area contributed by atoms with Crippen LogP contribution in [0.2, 0.25) is 0 Å². The highest BCUT2D eigenvalue weighted by molar-refractivity contribution is 7.17. The van der Waals surface area contributed by atoms with Crippen LogP contribution in [0.3, 0.4) is 0 Å². The van der Waals surface area contributed by atoms with Crippen molar-refractivity contribution in [3.63, 3.8) is 0 Å². The Balaban J connectivity index is 2.20. The normalized spacial score (nSPS) is 10.9. The molecule has 3 rings (SSSR count). The fraction of sp³-hybridized carbons (Fsp3) is 0.167. The molecular weight excluding hydrogens is 250 g/mol. The molecule has 0 saturated heterocycles. The van der Waals surface area contributed by atoms with Crippen molar-refractivity contribution in [2.45, 2.75) is 6.92 Å². The lowest BCUT2D eigenvalue weighted by atomic mass is 10.1. The molecule has 0 bridgehead atoms. The Morgan fingerprint density at radius 3 is 3.06 bits per heavy atom. The standard InChI is InChI=1S/C12H11N3S2/c1-2-13-12-10(14-17-15-12)9-5-3-4-8-6-7-16-11(8)9/h3-7H,2H2,1H3,(H,13,15). The van der Waals surface area contributed by atoms with Crippen LogP contribution in [0.5, 0.6) is 0 Å². The third-order valence-corrected chi connectivity index (χ3v) is 4.06. The number of nitrogens with one attached hydrogen (secondary N) is 1. The molecule has 17 heavy (non-hydrogen) atoms. The summed E-state index contributed by atoms with van der Waals surface area (Å²) in [5, 5.41) is 6.63. The van der Waals surface area contributed by atoms with E-state index in [0.717, 1.165) is 18.1 Å². The minimum Gasteiger partial charge on any atom is -0.368 e. The fourth-order valence-corrected chi connectivity index (χ4v) is 3.28. The number of aromatic nitrogens is 2. The van der Waals surface area contributed by atoms with Gasteiger partial charge in [-0.3, -0.25) is 0 Å². The Bertz CT molecular complexity index is 642. The Hall–Kier alpha value is -1.46. The molecule has 3 nitrogen and oxygen atoms in total. The quantitative estimate of drug-likeness (QED) is 0.778. The van der Waals surface area contributed by atoms with Crippen LogP contribution in [-0.4, -0.2) is 15.3 Å². The van der Waals surface area contributed by atoms with Crippen LogP contribution in [0.15, 0.2) is 29.6 Å². The highest BCUT2D eigenvalue weighted by Crippen LogP contribution is 2.35. The van der Waals surface area contributed by atoms with Crippen LogP contribution in [-0.2, 0) is 0 Å². The number of hydrogen-bond acceptors (Lipinski definition) is 5. The van der Waals surface area contributed by atoms with E-state index in [4.69, 9.17) is 0 Å². The second kappa shape index (κ2) is 4.43. The largest absolute Gasteiger partial charge is 0.368 e. The van der Waals surface area contributed by atoms with Gasteiger partial charge in [0.2, 0.25) is 0 Å². The zero-order valence-electron chi connectivity index (χ0n) is 9.30. The predicted molar refractivity (Wildman–Crippen MR) is 74.9 cm³/mol. The first-order valence-corrected chi connectivity index (χ1v) is 7.04. The van der Waals surface area contributed by atoms with E-state index in [1.165, 1.54) is 27.4 Å². The number of thiophene rings is 1.